The fourth-order valence-electron chi connectivity index (χ4n) is 1.79. The van der Waals surface area contributed by atoms with E-state index in [1.165, 1.54) is 5.69 Å². The summed E-state index contributed by atoms with van der Waals surface area (Å²) >= 11 is 7.66. The van der Waals surface area contributed by atoms with Crippen LogP contribution in [-0.2, 0) is 5.75 Å². The highest BCUT2D eigenvalue weighted by Gasteiger charge is 2.09. The Labute approximate surface area is 114 Å². The monoisotopic (exact) mass is 274 g/mol. The van der Waals surface area contributed by atoms with Crippen LogP contribution in [0.15, 0.2) is 12.3 Å². The number of nitrogens with zero attached hydrogens (tertiary/aromatic N) is 2. The summed E-state index contributed by atoms with van der Waals surface area (Å²) in [6.07, 6.45) is 5.47. The van der Waals surface area contributed by atoms with Crippen molar-refractivity contribution in [3.8, 4) is 0 Å². The molecule has 98 valence electrons. The van der Waals surface area contributed by atoms with E-state index in [-0.39, 0.29) is 0 Å². The maximum atomic E-state index is 5.73. The van der Waals surface area contributed by atoms with Gasteiger partial charge in [0.15, 0.2) is 0 Å². The lowest BCUT2D eigenvalue weighted by molar-refractivity contribution is 0.426. The fourth-order valence-corrected chi connectivity index (χ4v) is 3.14. The van der Waals surface area contributed by atoms with E-state index >= 15 is 0 Å². The molecule has 1 aromatic rings. The van der Waals surface area contributed by atoms with Crippen LogP contribution in [0, 0.1) is 0 Å². The van der Waals surface area contributed by atoms with Gasteiger partial charge in [-0.1, -0.05) is 20.8 Å². The first kappa shape index (κ1) is 14.9. The number of thioether (sulfide) groups is 1. The maximum Gasteiger partial charge on any atom is 0.0723 e. The number of aromatic nitrogens is 2. The summed E-state index contributed by atoms with van der Waals surface area (Å²) in [5.74, 6) is 1.74. The van der Waals surface area contributed by atoms with Gasteiger partial charge in [-0.2, -0.15) is 16.9 Å². The van der Waals surface area contributed by atoms with Crippen LogP contribution in [0.3, 0.4) is 0 Å². The minimum atomic E-state index is 0.550. The highest BCUT2D eigenvalue weighted by Crippen LogP contribution is 2.21. The SMILES string of the molecule is CCC(CC)n1ccc(CSC(C)CCCl)n1. The molecule has 0 aliphatic carbocycles. The molecule has 1 unspecified atom stereocenters. The average molecular weight is 275 g/mol. The van der Waals surface area contributed by atoms with Crippen LogP contribution in [0.4, 0.5) is 0 Å². The van der Waals surface area contributed by atoms with Gasteiger partial charge in [-0.25, -0.2) is 0 Å². The van der Waals surface area contributed by atoms with Gasteiger partial charge in [0.2, 0.25) is 0 Å². The molecule has 0 bridgehead atoms. The number of hydrogen-bond acceptors (Lipinski definition) is 2. The zero-order valence-corrected chi connectivity index (χ0v) is 12.6. The highest BCUT2D eigenvalue weighted by atomic mass is 35.5. The molecule has 0 radical (unpaired) electrons. The molecule has 0 saturated heterocycles. The summed E-state index contributed by atoms with van der Waals surface area (Å²) in [5.41, 5.74) is 1.18. The number of rotatable bonds is 8. The van der Waals surface area contributed by atoms with Crippen molar-refractivity contribution in [3.05, 3.63) is 18.0 Å². The fraction of sp³-hybridized carbons (Fsp3) is 0.769. The van der Waals surface area contributed by atoms with Gasteiger partial charge < -0.3 is 0 Å². The van der Waals surface area contributed by atoms with Crippen molar-refractivity contribution in [2.24, 2.45) is 0 Å². The van der Waals surface area contributed by atoms with E-state index in [0.29, 0.717) is 11.3 Å². The summed E-state index contributed by atoms with van der Waals surface area (Å²) in [6.45, 7) is 6.66. The molecule has 0 N–H and O–H groups in total. The Morgan fingerprint density at radius 2 is 2.12 bits per heavy atom. The largest absolute Gasteiger partial charge is 0.269 e. The van der Waals surface area contributed by atoms with Crippen LogP contribution < -0.4 is 0 Å². The lowest BCUT2D eigenvalue weighted by atomic mass is 10.2. The molecule has 0 amide bonds. The second kappa shape index (κ2) is 8.04. The number of halogens is 1. The van der Waals surface area contributed by atoms with Crippen molar-refractivity contribution in [2.75, 3.05) is 5.88 Å². The highest BCUT2D eigenvalue weighted by molar-refractivity contribution is 7.99. The summed E-state index contributed by atoms with van der Waals surface area (Å²) in [7, 11) is 0. The predicted molar refractivity (Wildman–Crippen MR) is 77.9 cm³/mol. The Kier molecular flexibility index (Phi) is 7.05. The normalized spacial score (nSPS) is 13.2. The lowest BCUT2D eigenvalue weighted by Gasteiger charge is -2.12. The van der Waals surface area contributed by atoms with Crippen molar-refractivity contribution in [2.45, 2.75) is 57.1 Å². The van der Waals surface area contributed by atoms with E-state index in [4.69, 9.17) is 11.6 Å². The van der Waals surface area contributed by atoms with E-state index < -0.39 is 0 Å². The Hall–Kier alpha value is -0.150. The molecular formula is C13H23ClN2S. The second-order valence-corrected chi connectivity index (χ2v) is 6.16. The van der Waals surface area contributed by atoms with Gasteiger partial charge in [0.25, 0.3) is 0 Å². The molecule has 1 heterocycles. The molecule has 4 heteroatoms. The predicted octanol–water partition coefficient (Wildman–Crippen LogP) is 4.49. The van der Waals surface area contributed by atoms with E-state index in [0.717, 1.165) is 30.9 Å². The summed E-state index contributed by atoms with van der Waals surface area (Å²) in [4.78, 5) is 0. The third-order valence-corrected chi connectivity index (χ3v) is 4.50. The molecule has 17 heavy (non-hydrogen) atoms. The van der Waals surface area contributed by atoms with E-state index in [2.05, 4.69) is 42.8 Å². The van der Waals surface area contributed by atoms with Crippen LogP contribution in [0.5, 0.6) is 0 Å². The third-order valence-electron chi connectivity index (χ3n) is 3.01. The van der Waals surface area contributed by atoms with Gasteiger partial charge in [-0.15, -0.1) is 11.6 Å². The Bertz CT molecular complexity index is 310. The maximum absolute atomic E-state index is 5.73. The van der Waals surface area contributed by atoms with Crippen LogP contribution >= 0.6 is 23.4 Å². The standard InChI is InChI=1S/C13H23ClN2S/c1-4-13(5-2)16-9-7-12(15-16)10-17-11(3)6-8-14/h7,9,11,13H,4-6,8,10H2,1-3H3. The van der Waals surface area contributed by atoms with Crippen LogP contribution in [0.25, 0.3) is 0 Å². The molecule has 0 aliphatic heterocycles. The molecule has 0 fully saturated rings. The van der Waals surface area contributed by atoms with Gasteiger partial charge in [-0.05, 0) is 25.3 Å². The minimum Gasteiger partial charge on any atom is -0.269 e. The molecular weight excluding hydrogens is 252 g/mol. The average Bonchev–Trinajstić information content (AvgIpc) is 2.77. The van der Waals surface area contributed by atoms with E-state index in [9.17, 15) is 0 Å². The van der Waals surface area contributed by atoms with Gasteiger partial charge in [0, 0.05) is 23.1 Å². The minimum absolute atomic E-state index is 0.550. The molecule has 1 rings (SSSR count). The van der Waals surface area contributed by atoms with Gasteiger partial charge >= 0.3 is 0 Å². The first-order chi connectivity index (χ1) is 8.21. The second-order valence-electron chi connectivity index (χ2n) is 4.36. The quantitative estimate of drug-likeness (QED) is 0.650. The smallest absolute Gasteiger partial charge is 0.0723 e. The molecule has 2 nitrogen and oxygen atoms in total. The van der Waals surface area contributed by atoms with Crippen molar-refractivity contribution in [1.82, 2.24) is 9.78 Å². The molecule has 0 aliphatic rings. The molecule has 0 saturated carbocycles. The van der Waals surface area contributed by atoms with Gasteiger partial charge in [0.05, 0.1) is 11.7 Å². The molecule has 1 atom stereocenters. The Balaban J connectivity index is 2.45. The first-order valence-corrected chi connectivity index (χ1v) is 8.01. The topological polar surface area (TPSA) is 17.8 Å². The summed E-state index contributed by atoms with van der Waals surface area (Å²) in [5, 5.41) is 5.26. The Morgan fingerprint density at radius 1 is 1.41 bits per heavy atom. The van der Waals surface area contributed by atoms with Crippen molar-refractivity contribution in [1.29, 1.82) is 0 Å². The van der Waals surface area contributed by atoms with Gasteiger partial charge in [-0.3, -0.25) is 4.68 Å². The number of hydrogen-bond donors (Lipinski definition) is 0. The number of alkyl halides is 1. The van der Waals surface area contributed by atoms with Crippen molar-refractivity contribution < 1.29 is 0 Å². The van der Waals surface area contributed by atoms with E-state index in [1.807, 2.05) is 11.8 Å². The Morgan fingerprint density at radius 3 is 2.71 bits per heavy atom. The van der Waals surface area contributed by atoms with Gasteiger partial charge in [0.1, 0.15) is 0 Å². The summed E-state index contributed by atoms with van der Waals surface area (Å²) in [6, 6.07) is 2.69. The van der Waals surface area contributed by atoms with Crippen molar-refractivity contribution in [3.63, 3.8) is 0 Å². The zero-order valence-electron chi connectivity index (χ0n) is 11.0. The molecule has 0 spiro atoms. The lowest BCUT2D eigenvalue weighted by Crippen LogP contribution is -2.07. The van der Waals surface area contributed by atoms with Crippen LogP contribution in [0.2, 0.25) is 0 Å². The molecule has 0 aromatic carbocycles. The molecule has 1 aromatic heterocycles. The zero-order chi connectivity index (χ0) is 12.7. The third kappa shape index (κ3) is 4.92. The van der Waals surface area contributed by atoms with Crippen molar-refractivity contribution >= 4 is 23.4 Å². The summed E-state index contributed by atoms with van der Waals surface area (Å²) < 4.78 is 2.11. The van der Waals surface area contributed by atoms with E-state index in [1.54, 1.807) is 0 Å². The van der Waals surface area contributed by atoms with Crippen LogP contribution in [-0.4, -0.2) is 20.9 Å². The first-order valence-electron chi connectivity index (χ1n) is 6.42. The van der Waals surface area contributed by atoms with Crippen LogP contribution in [0.1, 0.15) is 51.8 Å².